The summed E-state index contributed by atoms with van der Waals surface area (Å²) in [5.41, 5.74) is 1.99. The molecule has 3 heterocycles. The Labute approximate surface area is 252 Å². The zero-order chi connectivity index (χ0) is 30.4. The Morgan fingerprint density at radius 2 is 1.53 bits per heavy atom. The van der Waals surface area contributed by atoms with Gasteiger partial charge in [0.25, 0.3) is 11.5 Å². The number of carbonyl (C=O) groups is 1. The minimum atomic E-state index is -0.734. The lowest BCUT2D eigenvalue weighted by molar-refractivity contribution is -0.153. The van der Waals surface area contributed by atoms with Gasteiger partial charge in [-0.3, -0.25) is 14.3 Å². The first kappa shape index (κ1) is 32.9. The average Bonchev–Trinajstić information content (AvgIpc) is 3.24. The van der Waals surface area contributed by atoms with Gasteiger partial charge in [-0.2, -0.15) is 0 Å². The predicted octanol–water partition coefficient (Wildman–Crippen LogP) is 1.90. The standard InChI is InChI=1S/C31H45N3O9/c1-24-29(31(37)34(32(24)2)26-8-4-3-5-9-26)25-22-27(43-28(23-25)42-13-7-6-12-35)30(36)33-10-14-38-16-18-40-20-21-41-19-17-39-15-11-33/h3-5,8-9,22,25,28,35H,6-7,10-21,23H2,1-2H3/t25-,28+/m1/s1. The van der Waals surface area contributed by atoms with Crippen molar-refractivity contribution in [3.05, 3.63) is 63.8 Å². The van der Waals surface area contributed by atoms with Gasteiger partial charge < -0.3 is 38.4 Å². The summed E-state index contributed by atoms with van der Waals surface area (Å²) in [5, 5.41) is 9.17. The number of allylic oxidation sites excluding steroid dienone is 1. The lowest BCUT2D eigenvalue weighted by Gasteiger charge is -2.31. The third kappa shape index (κ3) is 9.24. The van der Waals surface area contributed by atoms with Gasteiger partial charge in [-0.05, 0) is 38.0 Å². The van der Waals surface area contributed by atoms with Gasteiger partial charge in [0, 0.05) is 50.3 Å². The molecule has 0 aliphatic carbocycles. The first-order chi connectivity index (χ1) is 21.0. The van der Waals surface area contributed by atoms with Crippen LogP contribution in [0.4, 0.5) is 0 Å². The van der Waals surface area contributed by atoms with E-state index in [1.807, 2.05) is 49.0 Å². The van der Waals surface area contributed by atoms with Crippen LogP contribution in [0.1, 0.15) is 36.4 Å². The Morgan fingerprint density at radius 1 is 0.930 bits per heavy atom. The highest BCUT2D eigenvalue weighted by Crippen LogP contribution is 2.33. The van der Waals surface area contributed by atoms with E-state index in [9.17, 15) is 14.7 Å². The maximum atomic E-state index is 13.9. The van der Waals surface area contributed by atoms with Crippen molar-refractivity contribution in [3.63, 3.8) is 0 Å². The van der Waals surface area contributed by atoms with Crippen LogP contribution < -0.4 is 5.56 Å². The molecule has 12 heteroatoms. The summed E-state index contributed by atoms with van der Waals surface area (Å²) in [7, 11) is 1.85. The fraction of sp³-hybridized carbons (Fsp3) is 0.613. The molecule has 1 saturated heterocycles. The average molecular weight is 604 g/mol. The number of para-hydroxylation sites is 1. The van der Waals surface area contributed by atoms with Gasteiger partial charge in [0.1, 0.15) is 0 Å². The topological polar surface area (TPSA) is 123 Å². The van der Waals surface area contributed by atoms with Crippen molar-refractivity contribution >= 4 is 5.91 Å². The molecule has 12 nitrogen and oxygen atoms in total. The Kier molecular flexibility index (Phi) is 13.3. The molecule has 238 valence electrons. The van der Waals surface area contributed by atoms with Crippen molar-refractivity contribution in [2.75, 3.05) is 79.2 Å². The van der Waals surface area contributed by atoms with E-state index in [4.69, 9.17) is 28.4 Å². The van der Waals surface area contributed by atoms with Gasteiger partial charge in [0.05, 0.1) is 65.1 Å². The summed E-state index contributed by atoms with van der Waals surface area (Å²) < 4.78 is 38.0. The molecule has 4 rings (SSSR count). The Bertz CT molecular complexity index is 1210. The zero-order valence-corrected chi connectivity index (χ0v) is 25.3. The number of aliphatic hydroxyl groups is 1. The minimum absolute atomic E-state index is 0.0702. The molecule has 0 saturated carbocycles. The summed E-state index contributed by atoms with van der Waals surface area (Å²) in [4.78, 5) is 29.4. The number of unbranched alkanes of at least 4 members (excludes halogenated alkanes) is 1. The first-order valence-corrected chi connectivity index (χ1v) is 15.1. The first-order valence-electron chi connectivity index (χ1n) is 15.1. The number of nitrogens with zero attached hydrogens (tertiary/aromatic N) is 3. The molecule has 1 N–H and O–H groups in total. The van der Waals surface area contributed by atoms with E-state index in [0.717, 1.165) is 11.4 Å². The van der Waals surface area contributed by atoms with Crippen LogP contribution in [0.15, 0.2) is 47.0 Å². The third-order valence-electron chi connectivity index (χ3n) is 7.51. The van der Waals surface area contributed by atoms with Crippen molar-refractivity contribution in [1.82, 2.24) is 14.3 Å². The lowest BCUT2D eigenvalue weighted by Crippen LogP contribution is -2.40. The fourth-order valence-corrected chi connectivity index (χ4v) is 5.14. The molecule has 2 aromatic rings. The van der Waals surface area contributed by atoms with E-state index in [1.54, 1.807) is 15.7 Å². The zero-order valence-electron chi connectivity index (χ0n) is 25.3. The molecule has 0 radical (unpaired) electrons. The molecule has 2 atom stereocenters. The molecule has 2 aliphatic rings. The molecule has 1 fully saturated rings. The molecule has 1 aromatic carbocycles. The van der Waals surface area contributed by atoms with Gasteiger partial charge in [0.15, 0.2) is 5.76 Å². The summed E-state index contributed by atoms with van der Waals surface area (Å²) >= 11 is 0. The van der Waals surface area contributed by atoms with E-state index >= 15 is 0 Å². The molecule has 0 bridgehead atoms. The second-order valence-corrected chi connectivity index (χ2v) is 10.4. The number of amides is 1. The Morgan fingerprint density at radius 3 is 2.14 bits per heavy atom. The fourth-order valence-electron chi connectivity index (χ4n) is 5.14. The molecule has 0 unspecified atom stereocenters. The molecule has 0 spiro atoms. The molecular weight excluding hydrogens is 558 g/mol. The largest absolute Gasteiger partial charge is 0.459 e. The smallest absolute Gasteiger partial charge is 0.288 e. The van der Waals surface area contributed by atoms with E-state index < -0.39 is 12.2 Å². The van der Waals surface area contributed by atoms with Gasteiger partial charge in [-0.1, -0.05) is 18.2 Å². The van der Waals surface area contributed by atoms with Gasteiger partial charge in [-0.15, -0.1) is 0 Å². The Balaban J connectivity index is 1.59. The van der Waals surface area contributed by atoms with Crippen LogP contribution in [-0.2, 0) is 40.3 Å². The highest BCUT2D eigenvalue weighted by Gasteiger charge is 2.34. The Hall–Kier alpha value is -3.00. The normalized spacial score (nSPS) is 21.4. The second kappa shape index (κ2) is 17.3. The number of rotatable bonds is 8. The number of aliphatic hydroxyl groups excluding tert-OH is 1. The van der Waals surface area contributed by atoms with Crippen LogP contribution in [0.2, 0.25) is 0 Å². The second-order valence-electron chi connectivity index (χ2n) is 10.4. The molecule has 43 heavy (non-hydrogen) atoms. The maximum absolute atomic E-state index is 13.9. The van der Waals surface area contributed by atoms with Crippen molar-refractivity contribution < 1.29 is 38.3 Å². The minimum Gasteiger partial charge on any atom is -0.459 e. The van der Waals surface area contributed by atoms with Gasteiger partial charge >= 0.3 is 0 Å². The van der Waals surface area contributed by atoms with Crippen LogP contribution in [0.5, 0.6) is 0 Å². The van der Waals surface area contributed by atoms with Crippen molar-refractivity contribution in [3.8, 4) is 5.69 Å². The number of carbonyl (C=O) groups excluding carboxylic acids is 1. The molecule has 2 aliphatic heterocycles. The maximum Gasteiger partial charge on any atom is 0.288 e. The summed E-state index contributed by atoms with van der Waals surface area (Å²) in [6, 6.07) is 9.46. The van der Waals surface area contributed by atoms with Gasteiger partial charge in [0.2, 0.25) is 6.29 Å². The van der Waals surface area contributed by atoms with Crippen molar-refractivity contribution in [2.45, 2.75) is 38.4 Å². The highest BCUT2D eigenvalue weighted by atomic mass is 16.7. The number of aromatic nitrogens is 2. The SMILES string of the molecule is Cc1c([C@@H]2C=C(C(=O)N3CCOCCOCCOCCOCC3)O[C@H](OCCCCO)C2)c(=O)n(-c2ccccc2)n1C. The molecular formula is C31H45N3O9. The third-order valence-corrected chi connectivity index (χ3v) is 7.51. The molecule has 1 amide bonds. The van der Waals surface area contributed by atoms with E-state index in [2.05, 4.69) is 0 Å². The number of hydrogen-bond acceptors (Lipinski definition) is 9. The van der Waals surface area contributed by atoms with E-state index in [-0.39, 0.29) is 23.8 Å². The summed E-state index contributed by atoms with van der Waals surface area (Å²) in [5.74, 6) is -0.610. The van der Waals surface area contributed by atoms with Crippen molar-refractivity contribution in [2.24, 2.45) is 7.05 Å². The summed E-state index contributed by atoms with van der Waals surface area (Å²) in [6.07, 6.45) is 2.63. The van der Waals surface area contributed by atoms with Crippen LogP contribution in [0.25, 0.3) is 5.69 Å². The van der Waals surface area contributed by atoms with E-state index in [0.29, 0.717) is 97.4 Å². The van der Waals surface area contributed by atoms with Crippen LogP contribution in [0.3, 0.4) is 0 Å². The lowest BCUT2D eigenvalue weighted by atomic mass is 9.93. The van der Waals surface area contributed by atoms with Crippen molar-refractivity contribution in [1.29, 1.82) is 0 Å². The highest BCUT2D eigenvalue weighted by molar-refractivity contribution is 5.91. The predicted molar refractivity (Wildman–Crippen MR) is 158 cm³/mol. The number of benzene rings is 1. The van der Waals surface area contributed by atoms with Crippen LogP contribution in [0, 0.1) is 6.92 Å². The number of ether oxygens (including phenoxy) is 6. The monoisotopic (exact) mass is 603 g/mol. The van der Waals surface area contributed by atoms with Crippen LogP contribution >= 0.6 is 0 Å². The van der Waals surface area contributed by atoms with Crippen LogP contribution in [-0.4, -0.2) is 111 Å². The van der Waals surface area contributed by atoms with Gasteiger partial charge in [-0.25, -0.2) is 4.68 Å². The quantitative estimate of drug-likeness (QED) is 0.451. The summed E-state index contributed by atoms with van der Waals surface area (Å²) in [6.45, 7) is 6.31. The van der Waals surface area contributed by atoms with E-state index in [1.165, 1.54) is 0 Å². The molecule has 1 aromatic heterocycles. The number of hydrogen-bond donors (Lipinski definition) is 1.